The maximum Gasteiger partial charge on any atom is 0.319 e. The first-order chi connectivity index (χ1) is 12.0. The van der Waals surface area contributed by atoms with Gasteiger partial charge < -0.3 is 20.5 Å². The molecule has 1 fully saturated rings. The lowest BCUT2D eigenvalue weighted by Gasteiger charge is -2.35. The molecule has 0 spiro atoms. The van der Waals surface area contributed by atoms with E-state index in [-0.39, 0.29) is 0 Å². The van der Waals surface area contributed by atoms with Gasteiger partial charge in [0.25, 0.3) is 0 Å². The van der Waals surface area contributed by atoms with E-state index in [1.54, 1.807) is 25.3 Å². The van der Waals surface area contributed by atoms with Gasteiger partial charge in [-0.05, 0) is 55.3 Å². The van der Waals surface area contributed by atoms with Gasteiger partial charge in [0.05, 0.1) is 7.11 Å². The van der Waals surface area contributed by atoms with Crippen LogP contribution in [0.15, 0.2) is 48.5 Å². The van der Waals surface area contributed by atoms with Gasteiger partial charge in [0.1, 0.15) is 11.2 Å². The maximum absolute atomic E-state index is 12.4. The largest absolute Gasteiger partial charge is 0.497 e. The first-order valence-electron chi connectivity index (χ1n) is 8.09. The number of nitrogens with one attached hydrogen (secondary N) is 2. The molecule has 2 aromatic rings. The fourth-order valence-corrected chi connectivity index (χ4v) is 2.83. The SMILES string of the molecule is COc1ccc(Nc2cccc(NC(=O)C3(C(=O)O)CCC3)c2)cc1. The van der Waals surface area contributed by atoms with Gasteiger partial charge in [-0.2, -0.15) is 0 Å². The van der Waals surface area contributed by atoms with Gasteiger partial charge in [-0.15, -0.1) is 0 Å². The van der Waals surface area contributed by atoms with Crippen LogP contribution < -0.4 is 15.4 Å². The molecule has 6 nitrogen and oxygen atoms in total. The Morgan fingerprint density at radius 3 is 2.28 bits per heavy atom. The minimum atomic E-state index is -1.28. The number of benzene rings is 2. The van der Waals surface area contributed by atoms with E-state index in [2.05, 4.69) is 10.6 Å². The molecule has 0 unspecified atom stereocenters. The zero-order chi connectivity index (χ0) is 17.9. The number of hydrogen-bond acceptors (Lipinski definition) is 4. The van der Waals surface area contributed by atoms with Gasteiger partial charge in [-0.25, -0.2) is 0 Å². The predicted molar refractivity (Wildman–Crippen MR) is 95.3 cm³/mol. The van der Waals surface area contributed by atoms with E-state index in [0.717, 1.165) is 23.5 Å². The molecule has 130 valence electrons. The van der Waals surface area contributed by atoms with Crippen molar-refractivity contribution >= 4 is 28.9 Å². The van der Waals surface area contributed by atoms with Crippen molar-refractivity contribution in [2.75, 3.05) is 17.7 Å². The van der Waals surface area contributed by atoms with Crippen molar-refractivity contribution in [3.05, 3.63) is 48.5 Å². The second-order valence-corrected chi connectivity index (χ2v) is 6.13. The van der Waals surface area contributed by atoms with E-state index in [1.165, 1.54) is 0 Å². The summed E-state index contributed by atoms with van der Waals surface area (Å²) in [5.74, 6) is -0.734. The van der Waals surface area contributed by atoms with Crippen LogP contribution in [-0.2, 0) is 9.59 Å². The summed E-state index contributed by atoms with van der Waals surface area (Å²) < 4.78 is 5.13. The maximum atomic E-state index is 12.4. The fraction of sp³-hybridized carbons (Fsp3) is 0.263. The van der Waals surface area contributed by atoms with Crippen molar-refractivity contribution in [3.8, 4) is 5.75 Å². The van der Waals surface area contributed by atoms with E-state index in [9.17, 15) is 14.7 Å². The minimum Gasteiger partial charge on any atom is -0.497 e. The summed E-state index contributed by atoms with van der Waals surface area (Å²) >= 11 is 0. The highest BCUT2D eigenvalue weighted by molar-refractivity contribution is 6.09. The van der Waals surface area contributed by atoms with E-state index in [1.807, 2.05) is 30.3 Å². The topological polar surface area (TPSA) is 87.7 Å². The van der Waals surface area contributed by atoms with Gasteiger partial charge in [-0.3, -0.25) is 9.59 Å². The van der Waals surface area contributed by atoms with E-state index < -0.39 is 17.3 Å². The summed E-state index contributed by atoms with van der Waals surface area (Å²) in [7, 11) is 1.61. The number of carboxylic acid groups (broad SMARTS) is 1. The molecule has 25 heavy (non-hydrogen) atoms. The third kappa shape index (κ3) is 3.42. The highest BCUT2D eigenvalue weighted by atomic mass is 16.5. The Labute approximate surface area is 145 Å². The Hall–Kier alpha value is -3.02. The Morgan fingerprint density at radius 1 is 1.04 bits per heavy atom. The van der Waals surface area contributed by atoms with Crippen LogP contribution in [0.3, 0.4) is 0 Å². The molecule has 1 saturated carbocycles. The Morgan fingerprint density at radius 2 is 1.72 bits per heavy atom. The van der Waals surface area contributed by atoms with E-state index in [0.29, 0.717) is 18.5 Å². The lowest BCUT2D eigenvalue weighted by molar-refractivity contribution is -0.159. The second-order valence-electron chi connectivity index (χ2n) is 6.13. The third-order valence-corrected chi connectivity index (χ3v) is 4.55. The predicted octanol–water partition coefficient (Wildman–Crippen LogP) is 3.63. The number of rotatable bonds is 6. The zero-order valence-corrected chi connectivity index (χ0v) is 13.9. The summed E-state index contributed by atoms with van der Waals surface area (Å²) in [6.07, 6.45) is 1.54. The number of carbonyl (C=O) groups is 2. The van der Waals surface area contributed by atoms with Crippen LogP contribution in [0.4, 0.5) is 17.1 Å². The summed E-state index contributed by atoms with van der Waals surface area (Å²) in [6, 6.07) is 14.7. The van der Waals surface area contributed by atoms with Crippen molar-refractivity contribution in [1.82, 2.24) is 0 Å². The fourth-order valence-electron chi connectivity index (χ4n) is 2.83. The molecule has 0 atom stereocenters. The highest BCUT2D eigenvalue weighted by Gasteiger charge is 2.51. The third-order valence-electron chi connectivity index (χ3n) is 4.55. The van der Waals surface area contributed by atoms with Gasteiger partial charge in [0, 0.05) is 17.1 Å². The van der Waals surface area contributed by atoms with Gasteiger partial charge in [0.15, 0.2) is 0 Å². The Kier molecular flexibility index (Phi) is 4.61. The number of hydrogen-bond donors (Lipinski definition) is 3. The molecule has 0 aromatic heterocycles. The van der Waals surface area contributed by atoms with Crippen LogP contribution in [0.2, 0.25) is 0 Å². The highest BCUT2D eigenvalue weighted by Crippen LogP contribution is 2.42. The average Bonchev–Trinajstić information content (AvgIpc) is 2.54. The molecule has 3 rings (SSSR count). The van der Waals surface area contributed by atoms with Crippen LogP contribution in [0.1, 0.15) is 19.3 Å². The summed E-state index contributed by atoms with van der Waals surface area (Å²) in [5, 5.41) is 15.3. The standard InChI is InChI=1S/C19H20N2O4/c1-25-16-8-6-13(7-9-16)20-14-4-2-5-15(12-14)21-17(22)19(18(23)24)10-3-11-19/h2,4-9,12,20H,3,10-11H2,1H3,(H,21,22)(H,23,24). The number of ether oxygens (including phenoxy) is 1. The number of aliphatic carboxylic acids is 1. The van der Waals surface area contributed by atoms with Crippen LogP contribution in [0, 0.1) is 5.41 Å². The molecule has 0 aliphatic heterocycles. The molecule has 6 heteroatoms. The van der Waals surface area contributed by atoms with Crippen molar-refractivity contribution in [1.29, 1.82) is 0 Å². The minimum absolute atomic E-state index is 0.387. The number of carboxylic acids is 1. The molecule has 1 aliphatic rings. The molecule has 0 bridgehead atoms. The molecular weight excluding hydrogens is 320 g/mol. The number of anilines is 3. The molecule has 0 radical (unpaired) electrons. The van der Waals surface area contributed by atoms with E-state index >= 15 is 0 Å². The van der Waals surface area contributed by atoms with Crippen molar-refractivity contribution in [3.63, 3.8) is 0 Å². The molecular formula is C19H20N2O4. The van der Waals surface area contributed by atoms with E-state index in [4.69, 9.17) is 4.74 Å². The number of carbonyl (C=O) groups excluding carboxylic acids is 1. The first kappa shape index (κ1) is 16.8. The van der Waals surface area contributed by atoms with Crippen molar-refractivity contribution in [2.24, 2.45) is 5.41 Å². The van der Waals surface area contributed by atoms with Gasteiger partial charge in [-0.1, -0.05) is 12.5 Å². The summed E-state index contributed by atoms with van der Waals surface area (Å²) in [6.45, 7) is 0. The molecule has 0 saturated heterocycles. The quantitative estimate of drug-likeness (QED) is 0.699. The van der Waals surface area contributed by atoms with Crippen LogP contribution >= 0.6 is 0 Å². The lowest BCUT2D eigenvalue weighted by atomic mass is 9.68. The number of methoxy groups -OCH3 is 1. The summed E-state index contributed by atoms with van der Waals surface area (Å²) in [4.78, 5) is 23.8. The molecule has 1 aliphatic carbocycles. The summed E-state index contributed by atoms with van der Waals surface area (Å²) in [5.41, 5.74) is 0.960. The molecule has 1 amide bonds. The smallest absolute Gasteiger partial charge is 0.319 e. The Balaban J connectivity index is 1.70. The normalized spacial score (nSPS) is 14.9. The average molecular weight is 340 g/mol. The van der Waals surface area contributed by atoms with Crippen LogP contribution in [0.5, 0.6) is 5.75 Å². The zero-order valence-electron chi connectivity index (χ0n) is 13.9. The monoisotopic (exact) mass is 340 g/mol. The van der Waals surface area contributed by atoms with Crippen LogP contribution in [-0.4, -0.2) is 24.1 Å². The van der Waals surface area contributed by atoms with Crippen molar-refractivity contribution in [2.45, 2.75) is 19.3 Å². The lowest BCUT2D eigenvalue weighted by Crippen LogP contribution is -2.48. The molecule has 2 aromatic carbocycles. The Bertz CT molecular complexity index is 782. The first-order valence-corrected chi connectivity index (χ1v) is 8.09. The van der Waals surface area contributed by atoms with Gasteiger partial charge in [0.2, 0.25) is 5.91 Å². The van der Waals surface area contributed by atoms with Crippen molar-refractivity contribution < 1.29 is 19.4 Å². The van der Waals surface area contributed by atoms with Gasteiger partial charge >= 0.3 is 5.97 Å². The number of amides is 1. The molecule has 0 heterocycles. The second kappa shape index (κ2) is 6.84. The van der Waals surface area contributed by atoms with Crippen LogP contribution in [0.25, 0.3) is 0 Å². The molecule has 3 N–H and O–H groups in total.